The molecule has 1 aliphatic heterocycles. The van der Waals surface area contributed by atoms with Gasteiger partial charge in [0.1, 0.15) is 17.4 Å². The van der Waals surface area contributed by atoms with Gasteiger partial charge >= 0.3 is 0 Å². The third-order valence-electron chi connectivity index (χ3n) is 4.48. The van der Waals surface area contributed by atoms with Gasteiger partial charge in [0.05, 0.1) is 18.8 Å². The average Bonchev–Trinajstić information content (AvgIpc) is 3.11. The standard InChI is InChI=1S/C19H22F2N2O/c1-24-19-9-8-16(21)12-17(19)22-13-18(23-10-2-3-11-23)14-4-6-15(20)7-5-14/h4-9,12,18,22H,2-3,10-11,13H2,1H3. The molecule has 0 saturated carbocycles. The number of benzene rings is 2. The summed E-state index contributed by atoms with van der Waals surface area (Å²) in [6, 6.07) is 11.2. The van der Waals surface area contributed by atoms with Crippen LogP contribution in [0.25, 0.3) is 0 Å². The van der Waals surface area contributed by atoms with E-state index in [2.05, 4.69) is 10.2 Å². The van der Waals surface area contributed by atoms with Crippen LogP contribution in [0.2, 0.25) is 0 Å². The maximum atomic E-state index is 13.5. The monoisotopic (exact) mass is 332 g/mol. The van der Waals surface area contributed by atoms with E-state index in [9.17, 15) is 8.78 Å². The first-order valence-electron chi connectivity index (χ1n) is 8.24. The lowest BCUT2D eigenvalue weighted by atomic mass is 10.1. The van der Waals surface area contributed by atoms with Crippen molar-refractivity contribution in [2.45, 2.75) is 18.9 Å². The minimum atomic E-state index is -0.308. The summed E-state index contributed by atoms with van der Waals surface area (Å²) in [5.41, 5.74) is 1.69. The van der Waals surface area contributed by atoms with Crippen LogP contribution in [0.3, 0.4) is 0 Å². The number of ether oxygens (including phenoxy) is 1. The Hall–Kier alpha value is -2.14. The van der Waals surface area contributed by atoms with Crippen LogP contribution in [0.15, 0.2) is 42.5 Å². The molecule has 0 aromatic heterocycles. The molecule has 5 heteroatoms. The van der Waals surface area contributed by atoms with E-state index in [0.717, 1.165) is 18.7 Å². The normalized spacial score (nSPS) is 16.1. The van der Waals surface area contributed by atoms with Crippen LogP contribution in [0.1, 0.15) is 24.4 Å². The summed E-state index contributed by atoms with van der Waals surface area (Å²) in [5.74, 6) is 0.0622. The van der Waals surface area contributed by atoms with Crippen molar-refractivity contribution in [2.24, 2.45) is 0 Å². The summed E-state index contributed by atoms with van der Waals surface area (Å²) in [6.45, 7) is 2.64. The van der Waals surface area contributed by atoms with Crippen molar-refractivity contribution in [2.75, 3.05) is 32.1 Å². The maximum Gasteiger partial charge on any atom is 0.142 e. The molecule has 2 aromatic carbocycles. The molecule has 0 aliphatic carbocycles. The SMILES string of the molecule is COc1ccc(F)cc1NCC(c1ccc(F)cc1)N1CCCC1. The summed E-state index contributed by atoms with van der Waals surface area (Å²) in [4.78, 5) is 2.38. The Labute approximate surface area is 141 Å². The number of anilines is 1. The van der Waals surface area contributed by atoms with Crippen LogP contribution in [0.5, 0.6) is 5.75 Å². The quantitative estimate of drug-likeness (QED) is 0.857. The van der Waals surface area contributed by atoms with Gasteiger partial charge in [0.25, 0.3) is 0 Å². The molecule has 3 nitrogen and oxygen atoms in total. The summed E-state index contributed by atoms with van der Waals surface area (Å²) < 4.78 is 32.0. The Bertz CT molecular complexity index is 670. The van der Waals surface area contributed by atoms with Crippen LogP contribution in [0.4, 0.5) is 14.5 Å². The van der Waals surface area contributed by atoms with Gasteiger partial charge in [-0.15, -0.1) is 0 Å². The summed E-state index contributed by atoms with van der Waals surface area (Å²) in [6.07, 6.45) is 2.34. The highest BCUT2D eigenvalue weighted by Crippen LogP contribution is 2.29. The zero-order chi connectivity index (χ0) is 16.9. The van der Waals surface area contributed by atoms with Crippen molar-refractivity contribution < 1.29 is 13.5 Å². The van der Waals surface area contributed by atoms with Gasteiger partial charge in [-0.05, 0) is 55.8 Å². The van der Waals surface area contributed by atoms with Crippen LogP contribution >= 0.6 is 0 Å². The van der Waals surface area contributed by atoms with Crippen LogP contribution in [0, 0.1) is 11.6 Å². The Morgan fingerprint density at radius 2 is 1.71 bits per heavy atom. The number of likely N-dealkylation sites (tertiary alicyclic amines) is 1. The van der Waals surface area contributed by atoms with Crippen LogP contribution in [-0.4, -0.2) is 31.6 Å². The topological polar surface area (TPSA) is 24.5 Å². The smallest absolute Gasteiger partial charge is 0.142 e. The Morgan fingerprint density at radius 1 is 1.04 bits per heavy atom. The van der Waals surface area contributed by atoms with Gasteiger partial charge in [0.2, 0.25) is 0 Å². The minimum Gasteiger partial charge on any atom is -0.495 e. The molecule has 1 heterocycles. The molecule has 0 bridgehead atoms. The fraction of sp³-hybridized carbons (Fsp3) is 0.368. The number of nitrogens with zero attached hydrogens (tertiary/aromatic N) is 1. The fourth-order valence-corrected chi connectivity index (χ4v) is 3.22. The number of nitrogens with one attached hydrogen (secondary N) is 1. The molecule has 1 N–H and O–H groups in total. The van der Waals surface area contributed by atoms with Crippen molar-refractivity contribution >= 4 is 5.69 Å². The molecule has 1 unspecified atom stereocenters. The van der Waals surface area contributed by atoms with Gasteiger partial charge in [-0.2, -0.15) is 0 Å². The van der Waals surface area contributed by atoms with Gasteiger partial charge in [-0.1, -0.05) is 12.1 Å². The number of hydrogen-bond donors (Lipinski definition) is 1. The Kier molecular flexibility index (Phi) is 5.30. The molecule has 1 fully saturated rings. The Morgan fingerprint density at radius 3 is 2.38 bits per heavy atom. The molecule has 1 saturated heterocycles. The van der Waals surface area contributed by atoms with E-state index in [0.29, 0.717) is 18.0 Å². The van der Waals surface area contributed by atoms with E-state index in [1.54, 1.807) is 13.2 Å². The van der Waals surface area contributed by atoms with Gasteiger partial charge in [0.15, 0.2) is 0 Å². The van der Waals surface area contributed by atoms with Crippen molar-refractivity contribution in [1.82, 2.24) is 4.90 Å². The molecule has 3 rings (SSSR count). The van der Waals surface area contributed by atoms with Crippen molar-refractivity contribution in [1.29, 1.82) is 0 Å². The molecule has 1 atom stereocenters. The van der Waals surface area contributed by atoms with Crippen molar-refractivity contribution in [3.05, 3.63) is 59.7 Å². The second-order valence-corrected chi connectivity index (χ2v) is 6.04. The lowest BCUT2D eigenvalue weighted by Gasteiger charge is -2.29. The fourth-order valence-electron chi connectivity index (χ4n) is 3.22. The predicted molar refractivity (Wildman–Crippen MR) is 91.4 cm³/mol. The second-order valence-electron chi connectivity index (χ2n) is 6.04. The highest BCUT2D eigenvalue weighted by atomic mass is 19.1. The molecule has 1 aliphatic rings. The van der Waals surface area contributed by atoms with E-state index in [1.807, 2.05) is 12.1 Å². The molecule has 128 valence electrons. The third kappa shape index (κ3) is 3.85. The second kappa shape index (κ2) is 7.62. The van der Waals surface area contributed by atoms with Gasteiger partial charge < -0.3 is 10.1 Å². The van der Waals surface area contributed by atoms with E-state index < -0.39 is 0 Å². The summed E-state index contributed by atoms with van der Waals surface area (Å²) in [5, 5.41) is 3.29. The lowest BCUT2D eigenvalue weighted by molar-refractivity contribution is 0.255. The van der Waals surface area contributed by atoms with Crippen molar-refractivity contribution in [3.63, 3.8) is 0 Å². The number of methoxy groups -OCH3 is 1. The highest BCUT2D eigenvalue weighted by Gasteiger charge is 2.23. The molecule has 0 amide bonds. The zero-order valence-corrected chi connectivity index (χ0v) is 13.8. The van der Waals surface area contributed by atoms with E-state index in [-0.39, 0.29) is 17.7 Å². The highest BCUT2D eigenvalue weighted by molar-refractivity contribution is 5.56. The molecule has 2 aromatic rings. The molecule has 0 radical (unpaired) electrons. The summed E-state index contributed by atoms with van der Waals surface area (Å²) >= 11 is 0. The van der Waals surface area contributed by atoms with Crippen molar-refractivity contribution in [3.8, 4) is 5.75 Å². The van der Waals surface area contributed by atoms with Gasteiger partial charge in [-0.25, -0.2) is 8.78 Å². The van der Waals surface area contributed by atoms with Crippen LogP contribution < -0.4 is 10.1 Å². The van der Waals surface area contributed by atoms with Crippen LogP contribution in [-0.2, 0) is 0 Å². The van der Waals surface area contributed by atoms with Gasteiger partial charge in [0, 0.05) is 12.6 Å². The zero-order valence-electron chi connectivity index (χ0n) is 13.8. The first-order chi connectivity index (χ1) is 11.7. The molecule has 24 heavy (non-hydrogen) atoms. The first-order valence-corrected chi connectivity index (χ1v) is 8.24. The Balaban J connectivity index is 1.79. The van der Waals surface area contributed by atoms with Gasteiger partial charge in [-0.3, -0.25) is 4.90 Å². The van der Waals surface area contributed by atoms with E-state index in [4.69, 9.17) is 4.74 Å². The maximum absolute atomic E-state index is 13.5. The molecule has 0 spiro atoms. The summed E-state index contributed by atoms with van der Waals surface area (Å²) in [7, 11) is 1.57. The third-order valence-corrected chi connectivity index (χ3v) is 4.48. The number of hydrogen-bond acceptors (Lipinski definition) is 3. The largest absolute Gasteiger partial charge is 0.495 e. The molecular weight excluding hydrogens is 310 g/mol. The predicted octanol–water partition coefficient (Wildman–Crippen LogP) is 4.22. The first kappa shape index (κ1) is 16.7. The number of rotatable bonds is 6. The minimum absolute atomic E-state index is 0.112. The lowest BCUT2D eigenvalue weighted by Crippen LogP contribution is -2.31. The van der Waals surface area contributed by atoms with E-state index >= 15 is 0 Å². The van der Waals surface area contributed by atoms with E-state index in [1.165, 1.54) is 37.1 Å². The number of halogens is 2. The average molecular weight is 332 g/mol. The molecular formula is C19H22F2N2O.